The number of carbonyl (C=O) groups excluding carboxylic acids is 1. The normalized spacial score (nSPS) is 22.6. The van der Waals surface area contributed by atoms with E-state index in [9.17, 15) is 14.7 Å². The summed E-state index contributed by atoms with van der Waals surface area (Å²) in [4.78, 5) is 26.1. The molecular weight excluding hydrogens is 306 g/mol. The van der Waals surface area contributed by atoms with Gasteiger partial charge in [0.05, 0.1) is 5.69 Å². The maximum Gasteiger partial charge on any atom is 0.356 e. The Hall–Kier alpha value is -2.63. The number of carboxylic acid groups (broad SMARTS) is 1. The molecule has 124 valence electrons. The highest BCUT2D eigenvalue weighted by molar-refractivity contribution is 5.96. The van der Waals surface area contributed by atoms with E-state index in [0.29, 0.717) is 23.2 Å². The first kappa shape index (κ1) is 14.9. The fourth-order valence-electron chi connectivity index (χ4n) is 3.97. The van der Waals surface area contributed by atoms with Gasteiger partial charge >= 0.3 is 5.97 Å². The van der Waals surface area contributed by atoms with Gasteiger partial charge in [0.25, 0.3) is 5.91 Å². The zero-order chi connectivity index (χ0) is 16.7. The molecule has 1 aliphatic carbocycles. The molecule has 2 aliphatic rings. The fourth-order valence-corrected chi connectivity index (χ4v) is 3.97. The number of carboxylic acids is 1. The molecule has 1 aliphatic heterocycles. The number of amides is 1. The Bertz CT molecular complexity index is 772. The summed E-state index contributed by atoms with van der Waals surface area (Å²) >= 11 is 0. The number of aromatic carboxylic acids is 1. The zero-order valence-electron chi connectivity index (χ0n) is 13.3. The van der Waals surface area contributed by atoms with Gasteiger partial charge < -0.3 is 10.0 Å². The van der Waals surface area contributed by atoms with E-state index >= 15 is 0 Å². The van der Waals surface area contributed by atoms with Crippen LogP contribution < -0.4 is 0 Å². The SMILES string of the molecule is O=C(O)c1cc(C(=O)N2CC3CCCC3C2)n(-c2ccccc2)n1. The zero-order valence-corrected chi connectivity index (χ0v) is 13.3. The van der Waals surface area contributed by atoms with Gasteiger partial charge in [0.2, 0.25) is 0 Å². The molecule has 0 spiro atoms. The molecule has 4 rings (SSSR count). The number of benzene rings is 1. The Balaban J connectivity index is 1.69. The topological polar surface area (TPSA) is 75.4 Å². The van der Waals surface area contributed by atoms with E-state index in [0.717, 1.165) is 13.1 Å². The van der Waals surface area contributed by atoms with Gasteiger partial charge in [-0.3, -0.25) is 4.79 Å². The number of hydrogen-bond donors (Lipinski definition) is 1. The van der Waals surface area contributed by atoms with Crippen molar-refractivity contribution < 1.29 is 14.7 Å². The Morgan fingerprint density at radius 1 is 1.08 bits per heavy atom. The Morgan fingerprint density at radius 2 is 1.75 bits per heavy atom. The molecule has 2 atom stereocenters. The molecule has 1 aromatic carbocycles. The first-order valence-corrected chi connectivity index (χ1v) is 8.31. The number of carbonyl (C=O) groups is 2. The van der Waals surface area contributed by atoms with Crippen LogP contribution in [0.4, 0.5) is 0 Å². The summed E-state index contributed by atoms with van der Waals surface area (Å²) in [6, 6.07) is 10.6. The van der Waals surface area contributed by atoms with Crippen molar-refractivity contribution >= 4 is 11.9 Å². The number of para-hydroxylation sites is 1. The molecule has 6 heteroatoms. The van der Waals surface area contributed by atoms with Crippen LogP contribution in [0.3, 0.4) is 0 Å². The highest BCUT2D eigenvalue weighted by atomic mass is 16.4. The van der Waals surface area contributed by atoms with E-state index in [-0.39, 0.29) is 11.6 Å². The summed E-state index contributed by atoms with van der Waals surface area (Å²) < 4.78 is 1.44. The van der Waals surface area contributed by atoms with Crippen molar-refractivity contribution in [2.75, 3.05) is 13.1 Å². The molecule has 2 heterocycles. The van der Waals surface area contributed by atoms with Crippen molar-refractivity contribution in [2.45, 2.75) is 19.3 Å². The van der Waals surface area contributed by atoms with Crippen LogP contribution in [-0.4, -0.2) is 44.8 Å². The highest BCUT2D eigenvalue weighted by Crippen LogP contribution is 2.38. The lowest BCUT2D eigenvalue weighted by Crippen LogP contribution is -2.31. The minimum atomic E-state index is -1.13. The maximum absolute atomic E-state index is 13.0. The molecule has 0 radical (unpaired) electrons. The van der Waals surface area contributed by atoms with Crippen molar-refractivity contribution in [2.24, 2.45) is 11.8 Å². The molecule has 1 saturated carbocycles. The second kappa shape index (κ2) is 5.78. The Labute approximate surface area is 139 Å². The van der Waals surface area contributed by atoms with Gasteiger partial charge in [0.15, 0.2) is 5.69 Å². The predicted octanol–water partition coefficient (Wildman–Crippen LogP) is 2.44. The summed E-state index contributed by atoms with van der Waals surface area (Å²) in [6.07, 6.45) is 3.63. The van der Waals surface area contributed by atoms with Crippen LogP contribution in [-0.2, 0) is 0 Å². The number of likely N-dealkylation sites (tertiary alicyclic amines) is 1. The second-order valence-corrected chi connectivity index (χ2v) is 6.63. The number of nitrogens with zero attached hydrogens (tertiary/aromatic N) is 3. The number of hydrogen-bond acceptors (Lipinski definition) is 3. The number of fused-ring (bicyclic) bond motifs is 1. The fraction of sp³-hybridized carbons (Fsp3) is 0.389. The van der Waals surface area contributed by atoms with Crippen LogP contribution in [0.2, 0.25) is 0 Å². The van der Waals surface area contributed by atoms with Gasteiger partial charge in [-0.25, -0.2) is 9.48 Å². The average Bonchev–Trinajstić information content (AvgIpc) is 3.28. The summed E-state index contributed by atoms with van der Waals surface area (Å²) in [5, 5.41) is 13.4. The van der Waals surface area contributed by atoms with Crippen molar-refractivity contribution in [3.8, 4) is 5.69 Å². The van der Waals surface area contributed by atoms with Gasteiger partial charge in [-0.05, 0) is 36.8 Å². The van der Waals surface area contributed by atoms with Crippen LogP contribution in [0, 0.1) is 11.8 Å². The van der Waals surface area contributed by atoms with Gasteiger partial charge in [-0.1, -0.05) is 24.6 Å². The molecule has 0 bridgehead atoms. The molecule has 1 N–H and O–H groups in total. The largest absolute Gasteiger partial charge is 0.476 e. The lowest BCUT2D eigenvalue weighted by atomic mass is 10.0. The van der Waals surface area contributed by atoms with E-state index in [1.54, 1.807) is 0 Å². The van der Waals surface area contributed by atoms with Gasteiger partial charge in [0.1, 0.15) is 5.69 Å². The standard InChI is InChI=1S/C18H19N3O3/c22-17(20-10-12-5-4-6-13(12)11-20)16-9-15(18(23)24)19-21(16)14-7-2-1-3-8-14/h1-3,7-9,12-13H,4-6,10-11H2,(H,23,24). The minimum Gasteiger partial charge on any atom is -0.476 e. The molecule has 1 saturated heterocycles. The number of aromatic nitrogens is 2. The molecule has 24 heavy (non-hydrogen) atoms. The van der Waals surface area contributed by atoms with E-state index in [1.807, 2.05) is 35.2 Å². The van der Waals surface area contributed by atoms with Crippen LogP contribution in [0.15, 0.2) is 36.4 Å². The Kier molecular flexibility index (Phi) is 3.59. The third-order valence-corrected chi connectivity index (χ3v) is 5.16. The van der Waals surface area contributed by atoms with Gasteiger partial charge in [-0.15, -0.1) is 0 Å². The van der Waals surface area contributed by atoms with Crippen molar-refractivity contribution in [1.29, 1.82) is 0 Å². The molecule has 1 amide bonds. The van der Waals surface area contributed by atoms with Crippen molar-refractivity contribution in [3.63, 3.8) is 0 Å². The third kappa shape index (κ3) is 2.48. The minimum absolute atomic E-state index is 0.110. The van der Waals surface area contributed by atoms with Crippen LogP contribution in [0.1, 0.15) is 40.2 Å². The van der Waals surface area contributed by atoms with Crippen LogP contribution in [0.5, 0.6) is 0 Å². The van der Waals surface area contributed by atoms with Gasteiger partial charge in [-0.2, -0.15) is 5.10 Å². The highest BCUT2D eigenvalue weighted by Gasteiger charge is 2.39. The van der Waals surface area contributed by atoms with Crippen molar-refractivity contribution in [3.05, 3.63) is 47.8 Å². The number of rotatable bonds is 3. The first-order valence-electron chi connectivity index (χ1n) is 8.31. The second-order valence-electron chi connectivity index (χ2n) is 6.63. The lowest BCUT2D eigenvalue weighted by molar-refractivity contribution is 0.0689. The van der Waals surface area contributed by atoms with Crippen LogP contribution >= 0.6 is 0 Å². The molecule has 2 aromatic rings. The maximum atomic E-state index is 13.0. The third-order valence-electron chi connectivity index (χ3n) is 5.16. The summed E-state index contributed by atoms with van der Waals surface area (Å²) in [7, 11) is 0. The molecule has 2 fully saturated rings. The molecular formula is C18H19N3O3. The summed E-state index contributed by atoms with van der Waals surface area (Å²) in [5.41, 5.74) is 0.896. The molecule has 1 aromatic heterocycles. The van der Waals surface area contributed by atoms with E-state index in [4.69, 9.17) is 0 Å². The van der Waals surface area contributed by atoms with Crippen molar-refractivity contribution in [1.82, 2.24) is 14.7 Å². The van der Waals surface area contributed by atoms with Gasteiger partial charge in [0, 0.05) is 19.2 Å². The monoisotopic (exact) mass is 325 g/mol. The van der Waals surface area contributed by atoms with E-state index in [2.05, 4.69) is 5.10 Å². The summed E-state index contributed by atoms with van der Waals surface area (Å²) in [6.45, 7) is 1.54. The van der Waals surface area contributed by atoms with E-state index < -0.39 is 5.97 Å². The average molecular weight is 325 g/mol. The van der Waals surface area contributed by atoms with E-state index in [1.165, 1.54) is 30.0 Å². The first-order chi connectivity index (χ1) is 11.6. The molecule has 2 unspecified atom stereocenters. The lowest BCUT2D eigenvalue weighted by Gasteiger charge is -2.18. The summed E-state index contributed by atoms with van der Waals surface area (Å²) in [5.74, 6) is -0.0627. The predicted molar refractivity (Wildman–Crippen MR) is 87.3 cm³/mol. The molecule has 6 nitrogen and oxygen atoms in total. The van der Waals surface area contributed by atoms with Crippen LogP contribution in [0.25, 0.3) is 5.69 Å². The smallest absolute Gasteiger partial charge is 0.356 e. The Morgan fingerprint density at radius 3 is 2.38 bits per heavy atom. The quantitative estimate of drug-likeness (QED) is 0.940.